The Labute approximate surface area is 215 Å². The molecule has 2 saturated carbocycles. The molecule has 0 saturated heterocycles. The standard InChI is InChI=1S/C31H28O6/c1-35-29(32)17-6-4-16(5-7-17)23-14-21(31(34)37-3)15-25-24-13-20(30(33)36-2)10-11-22(24)26-18-8-9-19(12-18)27(26)28(23)25/h4-7,10-11,13-15,18-19,26-27H,8-9,12H2,1-3H3/t18-,19+,26-,27-/m1/s1. The van der Waals surface area contributed by atoms with E-state index in [-0.39, 0.29) is 5.97 Å². The first-order valence-corrected chi connectivity index (χ1v) is 12.6. The van der Waals surface area contributed by atoms with Crippen LogP contribution in [-0.2, 0) is 14.2 Å². The van der Waals surface area contributed by atoms with Crippen molar-refractivity contribution in [3.05, 3.63) is 82.4 Å². The molecule has 3 aromatic rings. The van der Waals surface area contributed by atoms with Crippen LogP contribution in [0.25, 0.3) is 22.3 Å². The minimum Gasteiger partial charge on any atom is -0.465 e. The quantitative estimate of drug-likeness (QED) is 0.326. The Morgan fingerprint density at radius 1 is 0.622 bits per heavy atom. The molecule has 3 aliphatic rings. The number of fused-ring (bicyclic) bond motifs is 10. The molecule has 188 valence electrons. The van der Waals surface area contributed by atoms with Gasteiger partial charge in [-0.15, -0.1) is 0 Å². The molecule has 6 nitrogen and oxygen atoms in total. The third-order valence-corrected chi connectivity index (χ3v) is 8.59. The molecule has 2 bridgehead atoms. The van der Waals surface area contributed by atoms with Crippen molar-refractivity contribution in [2.75, 3.05) is 21.3 Å². The van der Waals surface area contributed by atoms with Crippen LogP contribution in [0, 0.1) is 11.8 Å². The molecule has 6 heteroatoms. The number of hydrogen-bond acceptors (Lipinski definition) is 6. The Kier molecular flexibility index (Phi) is 5.63. The number of carbonyl (C=O) groups is 3. The molecule has 0 unspecified atom stereocenters. The average molecular weight is 497 g/mol. The Bertz CT molecular complexity index is 1440. The second-order valence-corrected chi connectivity index (χ2v) is 10.2. The topological polar surface area (TPSA) is 78.9 Å². The van der Waals surface area contributed by atoms with E-state index in [1.807, 2.05) is 36.4 Å². The van der Waals surface area contributed by atoms with Crippen molar-refractivity contribution in [1.82, 2.24) is 0 Å². The molecule has 0 radical (unpaired) electrons. The van der Waals surface area contributed by atoms with E-state index in [1.54, 1.807) is 12.1 Å². The minimum atomic E-state index is -0.420. The second-order valence-electron chi connectivity index (χ2n) is 10.2. The molecule has 0 amide bonds. The van der Waals surface area contributed by atoms with E-state index in [4.69, 9.17) is 14.2 Å². The molecule has 2 fully saturated rings. The van der Waals surface area contributed by atoms with Crippen molar-refractivity contribution in [3.63, 3.8) is 0 Å². The summed E-state index contributed by atoms with van der Waals surface area (Å²) in [5.41, 5.74) is 7.68. The zero-order valence-electron chi connectivity index (χ0n) is 21.1. The summed E-state index contributed by atoms with van der Waals surface area (Å²) >= 11 is 0. The molecule has 3 aliphatic carbocycles. The number of rotatable bonds is 4. The summed E-state index contributed by atoms with van der Waals surface area (Å²) in [4.78, 5) is 37.3. The van der Waals surface area contributed by atoms with Gasteiger partial charge in [-0.2, -0.15) is 0 Å². The van der Waals surface area contributed by atoms with Crippen molar-refractivity contribution in [3.8, 4) is 22.3 Å². The smallest absolute Gasteiger partial charge is 0.337 e. The van der Waals surface area contributed by atoms with Crippen molar-refractivity contribution in [2.45, 2.75) is 31.1 Å². The van der Waals surface area contributed by atoms with Crippen molar-refractivity contribution in [1.29, 1.82) is 0 Å². The fraction of sp³-hybridized carbons (Fsp3) is 0.323. The molecule has 0 aliphatic heterocycles. The van der Waals surface area contributed by atoms with Crippen LogP contribution in [-0.4, -0.2) is 39.2 Å². The molecule has 3 aromatic carbocycles. The van der Waals surface area contributed by atoms with Gasteiger partial charge in [0.05, 0.1) is 38.0 Å². The van der Waals surface area contributed by atoms with Crippen LogP contribution in [0.1, 0.15) is 73.3 Å². The van der Waals surface area contributed by atoms with Crippen molar-refractivity contribution in [2.24, 2.45) is 11.8 Å². The van der Waals surface area contributed by atoms with Gasteiger partial charge in [-0.3, -0.25) is 0 Å². The summed E-state index contributed by atoms with van der Waals surface area (Å²) in [6.07, 6.45) is 3.59. The molecule has 0 aromatic heterocycles. The summed E-state index contributed by atoms with van der Waals surface area (Å²) in [7, 11) is 4.12. The van der Waals surface area contributed by atoms with Crippen LogP contribution in [0.15, 0.2) is 54.6 Å². The molecular weight excluding hydrogens is 468 g/mol. The molecule has 0 N–H and O–H groups in total. The van der Waals surface area contributed by atoms with Gasteiger partial charge in [0, 0.05) is 0 Å². The van der Waals surface area contributed by atoms with E-state index in [0.29, 0.717) is 40.4 Å². The van der Waals surface area contributed by atoms with Crippen LogP contribution >= 0.6 is 0 Å². The number of esters is 3. The van der Waals surface area contributed by atoms with Crippen LogP contribution in [0.2, 0.25) is 0 Å². The molecule has 37 heavy (non-hydrogen) atoms. The molecule has 4 atom stereocenters. The molecule has 6 rings (SSSR count). The highest BCUT2D eigenvalue weighted by Gasteiger charge is 2.52. The van der Waals surface area contributed by atoms with Crippen LogP contribution in [0.5, 0.6) is 0 Å². The van der Waals surface area contributed by atoms with Gasteiger partial charge in [-0.05, 0) is 113 Å². The first-order valence-electron chi connectivity index (χ1n) is 12.6. The highest BCUT2D eigenvalue weighted by atomic mass is 16.5. The Morgan fingerprint density at radius 3 is 1.84 bits per heavy atom. The normalized spacial score (nSPS) is 22.5. The predicted molar refractivity (Wildman–Crippen MR) is 138 cm³/mol. The van der Waals surface area contributed by atoms with Gasteiger partial charge in [0.2, 0.25) is 0 Å². The lowest BCUT2D eigenvalue weighted by atomic mass is 9.63. The van der Waals surface area contributed by atoms with Gasteiger partial charge in [0.15, 0.2) is 0 Å². The summed E-state index contributed by atoms with van der Waals surface area (Å²) in [6.45, 7) is 0. The number of methoxy groups -OCH3 is 3. The second kappa shape index (κ2) is 8.87. The van der Waals surface area contributed by atoms with E-state index < -0.39 is 11.9 Å². The third kappa shape index (κ3) is 3.57. The van der Waals surface area contributed by atoms with Gasteiger partial charge in [-0.25, -0.2) is 14.4 Å². The average Bonchev–Trinajstić information content (AvgIpc) is 3.58. The van der Waals surface area contributed by atoms with E-state index in [2.05, 4.69) is 6.07 Å². The van der Waals surface area contributed by atoms with Crippen molar-refractivity contribution < 1.29 is 28.6 Å². The van der Waals surface area contributed by atoms with Gasteiger partial charge >= 0.3 is 17.9 Å². The highest BCUT2D eigenvalue weighted by molar-refractivity contribution is 5.98. The van der Waals surface area contributed by atoms with E-state index in [1.165, 1.54) is 51.7 Å². The summed E-state index contributed by atoms with van der Waals surface area (Å²) in [5.74, 6) is 0.657. The lowest BCUT2D eigenvalue weighted by molar-refractivity contribution is 0.0591. The summed E-state index contributed by atoms with van der Waals surface area (Å²) in [6, 6.07) is 17.0. The monoisotopic (exact) mass is 496 g/mol. The summed E-state index contributed by atoms with van der Waals surface area (Å²) < 4.78 is 15.0. The van der Waals surface area contributed by atoms with Crippen LogP contribution in [0.4, 0.5) is 0 Å². The Hall–Kier alpha value is -3.93. The first kappa shape index (κ1) is 23.5. The number of hydrogen-bond donors (Lipinski definition) is 0. The SMILES string of the molecule is COC(=O)c1ccc(-c2cc(C(=O)OC)cc3c2[C@@H]2[C@H]4CC[C@H](C4)[C@@H]2c2ccc(C(=O)OC)cc2-3)cc1. The van der Waals surface area contributed by atoms with E-state index in [9.17, 15) is 14.4 Å². The van der Waals surface area contributed by atoms with E-state index in [0.717, 1.165) is 22.3 Å². The maximum absolute atomic E-state index is 12.8. The fourth-order valence-corrected chi connectivity index (χ4v) is 7.09. The van der Waals surface area contributed by atoms with Crippen molar-refractivity contribution >= 4 is 17.9 Å². The first-order chi connectivity index (χ1) is 17.9. The Morgan fingerprint density at radius 2 is 1.16 bits per heavy atom. The van der Waals surface area contributed by atoms with Gasteiger partial charge in [0.1, 0.15) is 0 Å². The zero-order chi connectivity index (χ0) is 25.8. The van der Waals surface area contributed by atoms with E-state index >= 15 is 0 Å². The zero-order valence-corrected chi connectivity index (χ0v) is 21.1. The molecule has 0 spiro atoms. The van der Waals surface area contributed by atoms with Crippen LogP contribution < -0.4 is 0 Å². The van der Waals surface area contributed by atoms with Crippen LogP contribution in [0.3, 0.4) is 0 Å². The number of carbonyl (C=O) groups excluding carboxylic acids is 3. The number of benzene rings is 3. The Balaban J connectivity index is 1.63. The highest BCUT2D eigenvalue weighted by Crippen LogP contribution is 2.66. The summed E-state index contributed by atoms with van der Waals surface area (Å²) in [5, 5.41) is 0. The van der Waals surface area contributed by atoms with Gasteiger partial charge in [-0.1, -0.05) is 18.2 Å². The molecular formula is C31H28O6. The third-order valence-electron chi connectivity index (χ3n) is 8.59. The fourth-order valence-electron chi connectivity index (χ4n) is 7.09. The maximum Gasteiger partial charge on any atom is 0.337 e. The largest absolute Gasteiger partial charge is 0.465 e. The molecule has 0 heterocycles. The lowest BCUT2D eigenvalue weighted by Crippen LogP contribution is -2.25. The van der Waals surface area contributed by atoms with Gasteiger partial charge in [0.25, 0.3) is 0 Å². The lowest BCUT2D eigenvalue weighted by Gasteiger charge is -2.40. The number of ether oxygens (including phenoxy) is 3. The minimum absolute atomic E-state index is 0.326. The maximum atomic E-state index is 12.8. The predicted octanol–water partition coefficient (Wildman–Crippen LogP) is 5.99. The van der Waals surface area contributed by atoms with Gasteiger partial charge < -0.3 is 14.2 Å².